The molecule has 1 unspecified atom stereocenters. The SMILES string of the molecule is COc1cc(C2NC(=O)NC(C)=C2C(=O)Nc2cc(C)cc(C)c2)ccc1O. The maximum Gasteiger partial charge on any atom is 0.319 e. The van der Waals surface area contributed by atoms with Crippen LogP contribution in [0.15, 0.2) is 47.7 Å². The molecule has 3 rings (SSSR count). The number of phenols is 1. The van der Waals surface area contributed by atoms with Crippen LogP contribution < -0.4 is 20.7 Å². The Labute approximate surface area is 163 Å². The number of ether oxygens (including phenoxy) is 1. The summed E-state index contributed by atoms with van der Waals surface area (Å²) in [7, 11) is 1.44. The van der Waals surface area contributed by atoms with E-state index in [1.54, 1.807) is 19.1 Å². The lowest BCUT2D eigenvalue weighted by Gasteiger charge is -2.29. The number of benzene rings is 2. The smallest absolute Gasteiger partial charge is 0.319 e. The van der Waals surface area contributed by atoms with E-state index >= 15 is 0 Å². The van der Waals surface area contributed by atoms with Gasteiger partial charge in [-0.05, 0) is 61.7 Å². The molecule has 1 aliphatic heterocycles. The molecule has 146 valence electrons. The summed E-state index contributed by atoms with van der Waals surface area (Å²) in [6, 6.07) is 9.41. The van der Waals surface area contributed by atoms with Gasteiger partial charge in [0.25, 0.3) is 5.91 Å². The second-order valence-electron chi connectivity index (χ2n) is 6.83. The Kier molecular flexibility index (Phi) is 5.26. The average Bonchev–Trinajstić information content (AvgIpc) is 2.60. The standard InChI is InChI=1S/C21H23N3O4/c1-11-7-12(2)9-15(8-11)23-20(26)18-13(3)22-21(27)24-19(18)14-5-6-16(25)17(10-14)28-4/h5-10,19,25H,1-4H3,(H,23,26)(H2,22,24,27). The summed E-state index contributed by atoms with van der Waals surface area (Å²) in [6.45, 7) is 5.60. The molecule has 1 aliphatic rings. The number of aromatic hydroxyl groups is 1. The van der Waals surface area contributed by atoms with E-state index in [2.05, 4.69) is 16.0 Å². The van der Waals surface area contributed by atoms with Gasteiger partial charge >= 0.3 is 6.03 Å². The number of phenolic OH excluding ortho intramolecular Hbond substituents is 1. The number of methoxy groups -OCH3 is 1. The van der Waals surface area contributed by atoms with Crippen LogP contribution in [-0.2, 0) is 4.79 Å². The minimum atomic E-state index is -0.686. The molecule has 0 saturated heterocycles. The summed E-state index contributed by atoms with van der Waals surface area (Å²) < 4.78 is 5.15. The van der Waals surface area contributed by atoms with E-state index < -0.39 is 12.1 Å². The van der Waals surface area contributed by atoms with Gasteiger partial charge in [0.05, 0.1) is 18.7 Å². The van der Waals surface area contributed by atoms with Crippen molar-refractivity contribution in [2.24, 2.45) is 0 Å². The highest BCUT2D eigenvalue weighted by Crippen LogP contribution is 2.33. The predicted octanol–water partition coefficient (Wildman–Crippen LogP) is 3.28. The van der Waals surface area contributed by atoms with Gasteiger partial charge in [-0.25, -0.2) is 4.79 Å². The maximum absolute atomic E-state index is 13.1. The van der Waals surface area contributed by atoms with Crippen molar-refractivity contribution in [3.63, 3.8) is 0 Å². The maximum atomic E-state index is 13.1. The van der Waals surface area contributed by atoms with Crippen molar-refractivity contribution >= 4 is 17.6 Å². The molecule has 0 bridgehead atoms. The fraction of sp³-hybridized carbons (Fsp3) is 0.238. The van der Waals surface area contributed by atoms with Crippen LogP contribution in [0, 0.1) is 13.8 Å². The van der Waals surface area contributed by atoms with E-state index in [1.165, 1.54) is 13.2 Å². The number of urea groups is 1. The Morgan fingerprint density at radius 3 is 2.43 bits per heavy atom. The van der Waals surface area contributed by atoms with Gasteiger partial charge in [-0.15, -0.1) is 0 Å². The van der Waals surface area contributed by atoms with Crippen molar-refractivity contribution in [3.05, 3.63) is 64.4 Å². The molecule has 4 N–H and O–H groups in total. The lowest BCUT2D eigenvalue weighted by atomic mass is 9.94. The van der Waals surface area contributed by atoms with E-state index in [0.717, 1.165) is 11.1 Å². The van der Waals surface area contributed by atoms with E-state index in [9.17, 15) is 14.7 Å². The quantitative estimate of drug-likeness (QED) is 0.653. The normalized spacial score (nSPS) is 16.3. The number of carbonyl (C=O) groups excluding carboxylic acids is 2. The number of aryl methyl sites for hydroxylation is 2. The number of anilines is 1. The van der Waals surface area contributed by atoms with E-state index in [-0.39, 0.29) is 17.4 Å². The lowest BCUT2D eigenvalue weighted by Crippen LogP contribution is -2.46. The minimum Gasteiger partial charge on any atom is -0.504 e. The third-order valence-electron chi connectivity index (χ3n) is 4.53. The number of rotatable bonds is 4. The summed E-state index contributed by atoms with van der Waals surface area (Å²) in [5, 5.41) is 18.2. The molecule has 0 radical (unpaired) electrons. The van der Waals surface area contributed by atoms with E-state index in [1.807, 2.05) is 32.0 Å². The van der Waals surface area contributed by atoms with Crippen LogP contribution in [0.2, 0.25) is 0 Å². The Hall–Kier alpha value is -3.48. The third kappa shape index (κ3) is 3.93. The zero-order chi connectivity index (χ0) is 20.4. The van der Waals surface area contributed by atoms with Gasteiger partial charge in [-0.1, -0.05) is 12.1 Å². The molecular weight excluding hydrogens is 358 g/mol. The number of hydrogen-bond acceptors (Lipinski definition) is 4. The number of allylic oxidation sites excluding steroid dienone is 1. The molecular formula is C21H23N3O4. The van der Waals surface area contributed by atoms with Crippen LogP contribution in [0.25, 0.3) is 0 Å². The fourth-order valence-corrected chi connectivity index (χ4v) is 3.36. The Morgan fingerprint density at radius 2 is 1.79 bits per heavy atom. The van der Waals surface area contributed by atoms with Gasteiger partial charge in [0.2, 0.25) is 0 Å². The number of amides is 3. The first-order valence-corrected chi connectivity index (χ1v) is 8.83. The molecule has 0 aromatic heterocycles. The molecule has 1 atom stereocenters. The summed E-state index contributed by atoms with van der Waals surface area (Å²) in [4.78, 5) is 25.1. The van der Waals surface area contributed by atoms with E-state index in [0.29, 0.717) is 22.5 Å². The Morgan fingerprint density at radius 1 is 1.11 bits per heavy atom. The molecule has 2 aromatic carbocycles. The number of hydrogen-bond donors (Lipinski definition) is 4. The first-order chi connectivity index (χ1) is 13.3. The Bertz CT molecular complexity index is 961. The molecule has 2 aromatic rings. The molecule has 0 fully saturated rings. The van der Waals surface area contributed by atoms with Crippen LogP contribution in [0.1, 0.15) is 29.7 Å². The molecule has 7 nitrogen and oxygen atoms in total. The minimum absolute atomic E-state index is 0.0200. The van der Waals surface area contributed by atoms with Crippen LogP contribution in [0.4, 0.5) is 10.5 Å². The van der Waals surface area contributed by atoms with Gasteiger partial charge in [-0.2, -0.15) is 0 Å². The zero-order valence-electron chi connectivity index (χ0n) is 16.2. The highest BCUT2D eigenvalue weighted by atomic mass is 16.5. The van der Waals surface area contributed by atoms with Crippen molar-refractivity contribution in [2.75, 3.05) is 12.4 Å². The van der Waals surface area contributed by atoms with Crippen molar-refractivity contribution in [3.8, 4) is 11.5 Å². The highest BCUT2D eigenvalue weighted by molar-refractivity contribution is 6.06. The second kappa shape index (κ2) is 7.64. The fourth-order valence-electron chi connectivity index (χ4n) is 3.36. The van der Waals surface area contributed by atoms with Gasteiger partial charge in [0.1, 0.15) is 0 Å². The molecule has 1 heterocycles. The largest absolute Gasteiger partial charge is 0.504 e. The topological polar surface area (TPSA) is 99.7 Å². The van der Waals surface area contributed by atoms with Gasteiger partial charge in [-0.3, -0.25) is 4.79 Å². The van der Waals surface area contributed by atoms with Gasteiger partial charge in [0, 0.05) is 11.4 Å². The summed E-state index contributed by atoms with van der Waals surface area (Å²) in [6.07, 6.45) is 0. The molecule has 0 spiro atoms. The second-order valence-corrected chi connectivity index (χ2v) is 6.83. The van der Waals surface area contributed by atoms with Crippen LogP contribution >= 0.6 is 0 Å². The number of nitrogens with one attached hydrogen (secondary N) is 3. The zero-order valence-corrected chi connectivity index (χ0v) is 16.2. The predicted molar refractivity (Wildman–Crippen MR) is 106 cm³/mol. The van der Waals surface area contributed by atoms with Crippen molar-refractivity contribution < 1.29 is 19.4 Å². The third-order valence-corrected chi connectivity index (χ3v) is 4.53. The first kappa shape index (κ1) is 19.3. The summed E-state index contributed by atoms with van der Waals surface area (Å²) in [5.74, 6) is -0.0857. The average molecular weight is 381 g/mol. The summed E-state index contributed by atoms with van der Waals surface area (Å²) >= 11 is 0. The van der Waals surface area contributed by atoms with E-state index in [4.69, 9.17) is 4.74 Å². The molecule has 3 amide bonds. The molecule has 0 saturated carbocycles. The van der Waals surface area contributed by atoms with Crippen molar-refractivity contribution in [1.29, 1.82) is 0 Å². The molecule has 28 heavy (non-hydrogen) atoms. The van der Waals surface area contributed by atoms with Gasteiger partial charge in [0.15, 0.2) is 11.5 Å². The van der Waals surface area contributed by atoms with Gasteiger partial charge < -0.3 is 25.8 Å². The first-order valence-electron chi connectivity index (χ1n) is 8.83. The number of carbonyl (C=O) groups is 2. The van der Waals surface area contributed by atoms with Crippen LogP contribution in [0.3, 0.4) is 0 Å². The lowest BCUT2D eigenvalue weighted by molar-refractivity contribution is -0.113. The molecule has 0 aliphatic carbocycles. The van der Waals surface area contributed by atoms with Crippen LogP contribution in [0.5, 0.6) is 11.5 Å². The Balaban J connectivity index is 1.98. The van der Waals surface area contributed by atoms with Crippen LogP contribution in [-0.4, -0.2) is 24.2 Å². The molecule has 7 heteroatoms. The van der Waals surface area contributed by atoms with Crippen molar-refractivity contribution in [2.45, 2.75) is 26.8 Å². The summed E-state index contributed by atoms with van der Waals surface area (Å²) in [5.41, 5.74) is 4.22. The van der Waals surface area contributed by atoms with Crippen molar-refractivity contribution in [1.82, 2.24) is 10.6 Å². The highest BCUT2D eigenvalue weighted by Gasteiger charge is 2.31. The monoisotopic (exact) mass is 381 g/mol.